The van der Waals surface area contributed by atoms with Crippen LogP contribution >= 0.6 is 0 Å². The van der Waals surface area contributed by atoms with Crippen LogP contribution in [0.4, 0.5) is 5.69 Å². The molecule has 0 saturated carbocycles. The molecule has 1 aliphatic rings. The lowest BCUT2D eigenvalue weighted by atomic mass is 10.4. The van der Waals surface area contributed by atoms with E-state index in [1.54, 1.807) is 12.1 Å². The Kier molecular flexibility index (Phi) is 1.70. The summed E-state index contributed by atoms with van der Waals surface area (Å²) in [5.41, 5.74) is 0.378. The number of hydrogen-bond acceptors (Lipinski definition) is 3. The van der Waals surface area contributed by atoms with E-state index in [4.69, 9.17) is 4.42 Å². The fourth-order valence-corrected chi connectivity index (χ4v) is 1.27. The minimum absolute atomic E-state index is 0.263. The van der Waals surface area contributed by atoms with Crippen LogP contribution in [0.1, 0.15) is 0 Å². The van der Waals surface area contributed by atoms with E-state index in [1.807, 2.05) is 17.1 Å². The SMILES string of the molecule is O=c1occcc1N1CC=CC1. The molecule has 0 amide bonds. The van der Waals surface area contributed by atoms with E-state index in [9.17, 15) is 4.79 Å². The summed E-state index contributed by atoms with van der Waals surface area (Å²) in [4.78, 5) is 13.1. The minimum atomic E-state index is -0.263. The Hall–Kier alpha value is -1.51. The average molecular weight is 163 g/mol. The normalized spacial score (nSPS) is 15.5. The molecular weight excluding hydrogens is 154 g/mol. The predicted octanol–water partition coefficient (Wildman–Crippen LogP) is 1.02. The van der Waals surface area contributed by atoms with E-state index in [0.717, 1.165) is 13.1 Å². The first kappa shape index (κ1) is 7.16. The molecular formula is C9H9NO2. The van der Waals surface area contributed by atoms with E-state index in [1.165, 1.54) is 6.26 Å². The van der Waals surface area contributed by atoms with Crippen LogP contribution in [0.15, 0.2) is 39.8 Å². The molecule has 3 heteroatoms. The van der Waals surface area contributed by atoms with Crippen molar-refractivity contribution in [3.05, 3.63) is 41.0 Å². The van der Waals surface area contributed by atoms with Gasteiger partial charge >= 0.3 is 5.63 Å². The Labute approximate surface area is 69.9 Å². The van der Waals surface area contributed by atoms with E-state index >= 15 is 0 Å². The standard InChI is InChI=1S/C9H9NO2/c11-9-8(4-3-7-12-9)10-5-1-2-6-10/h1-4,7H,5-6H2. The third-order valence-electron chi connectivity index (χ3n) is 1.88. The van der Waals surface area contributed by atoms with Gasteiger partial charge in [0.15, 0.2) is 0 Å². The lowest BCUT2D eigenvalue weighted by molar-refractivity contribution is 0.510. The largest absolute Gasteiger partial charge is 0.430 e. The molecule has 0 spiro atoms. The second-order valence-corrected chi connectivity index (χ2v) is 2.66. The summed E-state index contributed by atoms with van der Waals surface area (Å²) in [5.74, 6) is 0. The summed E-state index contributed by atoms with van der Waals surface area (Å²) in [6, 6.07) is 3.51. The molecule has 0 fully saturated rings. The zero-order valence-electron chi connectivity index (χ0n) is 6.56. The van der Waals surface area contributed by atoms with Crippen molar-refractivity contribution in [1.29, 1.82) is 0 Å². The van der Waals surface area contributed by atoms with Crippen molar-refractivity contribution in [3.8, 4) is 0 Å². The van der Waals surface area contributed by atoms with Crippen molar-refractivity contribution in [3.63, 3.8) is 0 Å². The summed E-state index contributed by atoms with van der Waals surface area (Å²) in [7, 11) is 0. The van der Waals surface area contributed by atoms with Crippen LogP contribution in [0.25, 0.3) is 0 Å². The van der Waals surface area contributed by atoms with Crippen LogP contribution in [0, 0.1) is 0 Å². The van der Waals surface area contributed by atoms with Crippen LogP contribution in [-0.4, -0.2) is 13.1 Å². The molecule has 3 nitrogen and oxygen atoms in total. The first-order chi connectivity index (χ1) is 5.88. The second kappa shape index (κ2) is 2.85. The quantitative estimate of drug-likeness (QED) is 0.579. The fourth-order valence-electron chi connectivity index (χ4n) is 1.27. The number of anilines is 1. The van der Waals surface area contributed by atoms with Gasteiger partial charge in [0, 0.05) is 13.1 Å². The lowest BCUT2D eigenvalue weighted by Gasteiger charge is -2.14. The Morgan fingerprint density at radius 1 is 1.33 bits per heavy atom. The molecule has 1 aromatic heterocycles. The number of rotatable bonds is 1. The van der Waals surface area contributed by atoms with Crippen LogP contribution in [0.3, 0.4) is 0 Å². The van der Waals surface area contributed by atoms with Gasteiger partial charge in [-0.2, -0.15) is 0 Å². The molecule has 2 rings (SSSR count). The van der Waals surface area contributed by atoms with Gasteiger partial charge in [-0.1, -0.05) is 12.2 Å². The van der Waals surface area contributed by atoms with Crippen molar-refractivity contribution in [2.45, 2.75) is 0 Å². The maximum absolute atomic E-state index is 11.2. The first-order valence-electron chi connectivity index (χ1n) is 3.86. The van der Waals surface area contributed by atoms with E-state index in [-0.39, 0.29) is 5.63 Å². The van der Waals surface area contributed by atoms with Gasteiger partial charge in [-0.3, -0.25) is 0 Å². The maximum atomic E-state index is 11.2. The molecule has 2 heterocycles. The maximum Gasteiger partial charge on any atom is 0.359 e. The molecule has 0 aromatic carbocycles. The van der Waals surface area contributed by atoms with Gasteiger partial charge in [-0.25, -0.2) is 4.79 Å². The van der Waals surface area contributed by atoms with Gasteiger partial charge in [-0.05, 0) is 12.1 Å². The summed E-state index contributed by atoms with van der Waals surface area (Å²) in [6.45, 7) is 1.60. The van der Waals surface area contributed by atoms with Crippen molar-refractivity contribution >= 4 is 5.69 Å². The molecule has 1 aromatic rings. The smallest absolute Gasteiger partial charge is 0.359 e. The molecule has 12 heavy (non-hydrogen) atoms. The Morgan fingerprint density at radius 2 is 2.08 bits per heavy atom. The first-order valence-corrected chi connectivity index (χ1v) is 3.86. The third kappa shape index (κ3) is 1.13. The van der Waals surface area contributed by atoms with Crippen LogP contribution < -0.4 is 10.5 Å². The zero-order chi connectivity index (χ0) is 8.39. The topological polar surface area (TPSA) is 33.5 Å². The third-order valence-corrected chi connectivity index (χ3v) is 1.88. The second-order valence-electron chi connectivity index (χ2n) is 2.66. The molecule has 0 N–H and O–H groups in total. The van der Waals surface area contributed by atoms with Crippen molar-refractivity contribution < 1.29 is 4.42 Å². The van der Waals surface area contributed by atoms with Gasteiger partial charge < -0.3 is 9.32 Å². The van der Waals surface area contributed by atoms with Crippen LogP contribution in [-0.2, 0) is 0 Å². The van der Waals surface area contributed by atoms with Crippen molar-refractivity contribution in [2.24, 2.45) is 0 Å². The Morgan fingerprint density at radius 3 is 2.75 bits per heavy atom. The van der Waals surface area contributed by atoms with E-state index < -0.39 is 0 Å². The monoisotopic (exact) mass is 163 g/mol. The lowest BCUT2D eigenvalue weighted by Crippen LogP contribution is -2.24. The Balaban J connectivity index is 2.34. The molecule has 0 atom stereocenters. The average Bonchev–Trinajstić information content (AvgIpc) is 2.57. The highest BCUT2D eigenvalue weighted by Gasteiger charge is 2.10. The summed E-state index contributed by atoms with van der Waals surface area (Å²) < 4.78 is 4.75. The fraction of sp³-hybridized carbons (Fsp3) is 0.222. The molecule has 0 aliphatic carbocycles. The van der Waals surface area contributed by atoms with Crippen LogP contribution in [0.5, 0.6) is 0 Å². The van der Waals surface area contributed by atoms with Crippen LogP contribution in [0.2, 0.25) is 0 Å². The summed E-state index contributed by atoms with van der Waals surface area (Å²) in [5, 5.41) is 0. The Bertz CT molecular complexity index is 346. The molecule has 62 valence electrons. The zero-order valence-corrected chi connectivity index (χ0v) is 6.56. The van der Waals surface area contributed by atoms with Crippen molar-refractivity contribution in [1.82, 2.24) is 0 Å². The minimum Gasteiger partial charge on any atom is -0.430 e. The molecule has 0 saturated heterocycles. The van der Waals surface area contributed by atoms with Crippen molar-refractivity contribution in [2.75, 3.05) is 18.0 Å². The van der Waals surface area contributed by atoms with Gasteiger partial charge in [-0.15, -0.1) is 0 Å². The van der Waals surface area contributed by atoms with Gasteiger partial charge in [0.25, 0.3) is 0 Å². The summed E-state index contributed by atoms with van der Waals surface area (Å²) >= 11 is 0. The molecule has 0 unspecified atom stereocenters. The molecule has 0 bridgehead atoms. The highest BCUT2D eigenvalue weighted by molar-refractivity contribution is 5.45. The predicted molar refractivity (Wildman–Crippen MR) is 46.3 cm³/mol. The van der Waals surface area contributed by atoms with E-state index in [2.05, 4.69) is 0 Å². The number of nitrogens with zero attached hydrogens (tertiary/aromatic N) is 1. The van der Waals surface area contributed by atoms with Gasteiger partial charge in [0.1, 0.15) is 5.69 Å². The van der Waals surface area contributed by atoms with E-state index in [0.29, 0.717) is 5.69 Å². The molecule has 1 aliphatic heterocycles. The highest BCUT2D eigenvalue weighted by Crippen LogP contribution is 2.10. The number of hydrogen-bond donors (Lipinski definition) is 0. The molecule has 0 radical (unpaired) electrons. The van der Waals surface area contributed by atoms with Gasteiger partial charge in [0.2, 0.25) is 0 Å². The highest BCUT2D eigenvalue weighted by atomic mass is 16.4. The van der Waals surface area contributed by atoms with Gasteiger partial charge in [0.05, 0.1) is 6.26 Å². The summed E-state index contributed by atoms with van der Waals surface area (Å²) in [6.07, 6.45) is 5.47.